The first kappa shape index (κ1) is 11.8. The van der Waals surface area contributed by atoms with Gasteiger partial charge in [-0.2, -0.15) is 0 Å². The summed E-state index contributed by atoms with van der Waals surface area (Å²) >= 11 is 0. The van der Waals surface area contributed by atoms with Crippen LogP contribution in [0.2, 0.25) is 0 Å². The summed E-state index contributed by atoms with van der Waals surface area (Å²) in [7, 11) is 0. The van der Waals surface area contributed by atoms with Crippen LogP contribution >= 0.6 is 0 Å². The van der Waals surface area contributed by atoms with Gasteiger partial charge in [-0.3, -0.25) is 4.79 Å². The van der Waals surface area contributed by atoms with Gasteiger partial charge in [-0.1, -0.05) is 0 Å². The molecule has 2 aromatic rings. The highest BCUT2D eigenvalue weighted by Crippen LogP contribution is 2.22. The van der Waals surface area contributed by atoms with E-state index in [2.05, 4.69) is 15.5 Å². The molecule has 0 spiro atoms. The minimum absolute atomic E-state index is 0.0743. The summed E-state index contributed by atoms with van der Waals surface area (Å²) in [5.74, 6) is -0.0743. The molecular weight excluding hydrogens is 246 g/mol. The van der Waals surface area contributed by atoms with Gasteiger partial charge in [-0.25, -0.2) is 4.68 Å². The van der Waals surface area contributed by atoms with Crippen molar-refractivity contribution in [2.24, 2.45) is 0 Å². The van der Waals surface area contributed by atoms with Gasteiger partial charge in [-0.15, -0.1) is 5.10 Å². The molecule has 1 saturated heterocycles. The van der Waals surface area contributed by atoms with Crippen molar-refractivity contribution in [2.45, 2.75) is 12.5 Å². The summed E-state index contributed by atoms with van der Waals surface area (Å²) in [6, 6.07) is 7.02. The molecule has 1 aliphatic heterocycles. The number of carbonyl (C=O) groups excluding carboxylic acids is 1. The molecule has 1 amide bonds. The van der Waals surface area contributed by atoms with Crippen LogP contribution in [0.25, 0.3) is 5.69 Å². The maximum Gasteiger partial charge on any atom is 0.254 e. The lowest BCUT2D eigenvalue weighted by Gasteiger charge is -2.44. The van der Waals surface area contributed by atoms with E-state index >= 15 is 0 Å². The number of tetrazole rings is 1. The molecule has 0 saturated carbocycles. The second kappa shape index (κ2) is 4.13. The van der Waals surface area contributed by atoms with Gasteiger partial charge in [0.25, 0.3) is 5.91 Å². The zero-order valence-electron chi connectivity index (χ0n) is 10.4. The standard InChI is InChI=1S/C12H13N5O2/c1-12(19)6-16(7-12)11(18)9-2-4-10(5-3-9)17-8-13-14-15-17/h2-5,8,19H,6-7H2,1H3. The molecule has 0 unspecified atom stereocenters. The predicted molar refractivity (Wildman–Crippen MR) is 65.7 cm³/mol. The van der Waals surface area contributed by atoms with Crippen molar-refractivity contribution in [1.82, 2.24) is 25.1 Å². The van der Waals surface area contributed by atoms with E-state index in [0.29, 0.717) is 18.7 Å². The maximum absolute atomic E-state index is 12.1. The molecule has 3 rings (SSSR count). The molecule has 1 aromatic carbocycles. The molecule has 7 heteroatoms. The predicted octanol–water partition coefficient (Wildman–Crippen LogP) is -0.131. The Morgan fingerprint density at radius 2 is 2.00 bits per heavy atom. The van der Waals surface area contributed by atoms with Crippen LogP contribution in [0, 0.1) is 0 Å². The van der Waals surface area contributed by atoms with Crippen LogP contribution in [0.4, 0.5) is 0 Å². The fourth-order valence-electron chi connectivity index (χ4n) is 2.14. The third-order valence-electron chi connectivity index (χ3n) is 3.08. The molecule has 19 heavy (non-hydrogen) atoms. The van der Waals surface area contributed by atoms with Crippen molar-refractivity contribution < 1.29 is 9.90 Å². The molecule has 7 nitrogen and oxygen atoms in total. The fourth-order valence-corrected chi connectivity index (χ4v) is 2.14. The van der Waals surface area contributed by atoms with E-state index in [0.717, 1.165) is 5.69 Å². The number of likely N-dealkylation sites (tertiary alicyclic amines) is 1. The topological polar surface area (TPSA) is 84.1 Å². The van der Waals surface area contributed by atoms with Gasteiger partial charge in [0.1, 0.15) is 6.33 Å². The van der Waals surface area contributed by atoms with E-state index in [-0.39, 0.29) is 5.91 Å². The Morgan fingerprint density at radius 3 is 2.53 bits per heavy atom. The average Bonchev–Trinajstić information content (AvgIpc) is 2.89. The number of benzene rings is 1. The first-order valence-electron chi connectivity index (χ1n) is 5.90. The zero-order valence-corrected chi connectivity index (χ0v) is 10.4. The molecule has 1 fully saturated rings. The number of rotatable bonds is 2. The van der Waals surface area contributed by atoms with Gasteiger partial charge in [0.05, 0.1) is 24.4 Å². The number of amides is 1. The number of aliphatic hydroxyl groups is 1. The number of hydrogen-bond acceptors (Lipinski definition) is 5. The Hall–Kier alpha value is -2.28. The number of nitrogens with zero attached hydrogens (tertiary/aromatic N) is 5. The molecule has 98 valence electrons. The Balaban J connectivity index is 1.75. The van der Waals surface area contributed by atoms with Crippen molar-refractivity contribution >= 4 is 5.91 Å². The van der Waals surface area contributed by atoms with Gasteiger partial charge in [-0.05, 0) is 41.6 Å². The number of carbonyl (C=O) groups is 1. The summed E-state index contributed by atoms with van der Waals surface area (Å²) in [4.78, 5) is 13.7. The largest absolute Gasteiger partial charge is 0.386 e. The van der Waals surface area contributed by atoms with E-state index in [1.165, 1.54) is 11.0 Å². The molecule has 1 N–H and O–H groups in total. The number of β-amino-alcohol motifs (C(OH)–C–C–N with tert-alkyl or cyclic N) is 1. The Kier molecular flexibility index (Phi) is 2.56. The van der Waals surface area contributed by atoms with E-state index in [9.17, 15) is 9.90 Å². The van der Waals surface area contributed by atoms with Gasteiger partial charge in [0.2, 0.25) is 0 Å². The maximum atomic E-state index is 12.1. The molecular formula is C12H13N5O2. The summed E-state index contributed by atoms with van der Waals surface area (Å²) < 4.78 is 1.52. The first-order chi connectivity index (χ1) is 9.05. The minimum atomic E-state index is -0.748. The van der Waals surface area contributed by atoms with Crippen LogP contribution < -0.4 is 0 Å². The summed E-state index contributed by atoms with van der Waals surface area (Å²) in [6.07, 6.45) is 1.49. The highest BCUT2D eigenvalue weighted by atomic mass is 16.3. The lowest BCUT2D eigenvalue weighted by molar-refractivity contribution is -0.0668. The molecule has 0 bridgehead atoms. The third-order valence-corrected chi connectivity index (χ3v) is 3.08. The molecule has 0 radical (unpaired) electrons. The second-order valence-corrected chi connectivity index (χ2v) is 4.96. The van der Waals surface area contributed by atoms with Crippen LogP contribution in [0.15, 0.2) is 30.6 Å². The normalized spacial score (nSPS) is 17.1. The first-order valence-corrected chi connectivity index (χ1v) is 5.90. The smallest absolute Gasteiger partial charge is 0.254 e. The van der Waals surface area contributed by atoms with E-state index < -0.39 is 5.60 Å². The molecule has 0 atom stereocenters. The quantitative estimate of drug-likeness (QED) is 0.812. The lowest BCUT2D eigenvalue weighted by atomic mass is 9.96. The van der Waals surface area contributed by atoms with Gasteiger partial charge >= 0.3 is 0 Å². The van der Waals surface area contributed by atoms with Crippen molar-refractivity contribution in [3.8, 4) is 5.69 Å². The monoisotopic (exact) mass is 259 g/mol. The SMILES string of the molecule is CC1(O)CN(C(=O)c2ccc(-n3cnnn3)cc2)C1. The van der Waals surface area contributed by atoms with Crippen LogP contribution in [-0.4, -0.2) is 54.8 Å². The number of hydrogen-bond donors (Lipinski definition) is 1. The van der Waals surface area contributed by atoms with Crippen LogP contribution in [0.5, 0.6) is 0 Å². The van der Waals surface area contributed by atoms with E-state index in [1.807, 2.05) is 0 Å². The summed E-state index contributed by atoms with van der Waals surface area (Å²) in [6.45, 7) is 2.47. The Morgan fingerprint density at radius 1 is 1.32 bits per heavy atom. The lowest BCUT2D eigenvalue weighted by Crippen LogP contribution is -2.61. The van der Waals surface area contributed by atoms with Gasteiger partial charge in [0, 0.05) is 5.56 Å². The Labute approximate surface area is 109 Å². The highest BCUT2D eigenvalue weighted by molar-refractivity contribution is 5.95. The van der Waals surface area contributed by atoms with Crippen molar-refractivity contribution in [3.05, 3.63) is 36.2 Å². The van der Waals surface area contributed by atoms with Gasteiger partial charge < -0.3 is 10.0 Å². The molecule has 1 aliphatic rings. The molecule has 0 aliphatic carbocycles. The third kappa shape index (κ3) is 2.19. The van der Waals surface area contributed by atoms with E-state index in [1.54, 1.807) is 36.1 Å². The zero-order chi connectivity index (χ0) is 13.5. The van der Waals surface area contributed by atoms with Crippen LogP contribution in [-0.2, 0) is 0 Å². The van der Waals surface area contributed by atoms with Crippen molar-refractivity contribution in [2.75, 3.05) is 13.1 Å². The van der Waals surface area contributed by atoms with E-state index in [4.69, 9.17) is 0 Å². The van der Waals surface area contributed by atoms with Crippen LogP contribution in [0.1, 0.15) is 17.3 Å². The highest BCUT2D eigenvalue weighted by Gasteiger charge is 2.39. The molecule has 2 heterocycles. The van der Waals surface area contributed by atoms with Crippen LogP contribution in [0.3, 0.4) is 0 Å². The average molecular weight is 259 g/mol. The fraction of sp³-hybridized carbons (Fsp3) is 0.333. The molecule has 1 aromatic heterocycles. The Bertz CT molecular complexity index is 583. The number of aromatic nitrogens is 4. The summed E-state index contributed by atoms with van der Waals surface area (Å²) in [5, 5.41) is 20.5. The van der Waals surface area contributed by atoms with Gasteiger partial charge in [0.15, 0.2) is 0 Å². The summed E-state index contributed by atoms with van der Waals surface area (Å²) in [5.41, 5.74) is 0.631. The van der Waals surface area contributed by atoms with Crippen molar-refractivity contribution in [3.63, 3.8) is 0 Å². The minimum Gasteiger partial charge on any atom is -0.386 e. The van der Waals surface area contributed by atoms with Crippen molar-refractivity contribution in [1.29, 1.82) is 0 Å². The second-order valence-electron chi connectivity index (χ2n) is 4.96.